The van der Waals surface area contributed by atoms with Crippen molar-refractivity contribution in [3.63, 3.8) is 0 Å². The smallest absolute Gasteiger partial charge is 0.164 e. The Morgan fingerprint density at radius 2 is 0.833 bits per heavy atom. The highest BCUT2D eigenvalue weighted by Gasteiger charge is 2.23. The number of nitrogens with zero attached hydrogens (tertiary/aromatic N) is 4. The number of hydrogen-bond donors (Lipinski definition) is 0. The van der Waals surface area contributed by atoms with Crippen molar-refractivity contribution in [2.24, 2.45) is 0 Å². The van der Waals surface area contributed by atoms with Gasteiger partial charge < -0.3 is 9.32 Å². The zero-order valence-electron chi connectivity index (χ0n) is 29.2. The van der Waals surface area contributed by atoms with Crippen LogP contribution < -0.4 is 4.90 Å². The molecule has 0 bridgehead atoms. The predicted octanol–water partition coefficient (Wildman–Crippen LogP) is 13.1. The molecule has 0 fully saturated rings. The summed E-state index contributed by atoms with van der Waals surface area (Å²) in [4.78, 5) is 17.7. The number of rotatable bonds is 7. The number of aromatic nitrogens is 3. The molecule has 0 aliphatic heterocycles. The fraction of sp³-hybridized carbons (Fsp3) is 0. The molecule has 0 aliphatic carbocycles. The molecule has 0 aliphatic rings. The number of para-hydroxylation sites is 1. The quantitative estimate of drug-likeness (QED) is 0.166. The van der Waals surface area contributed by atoms with Gasteiger partial charge in [0.25, 0.3) is 0 Å². The Hall–Kier alpha value is -7.37. The minimum absolute atomic E-state index is 0.567. The van der Waals surface area contributed by atoms with Crippen LogP contribution in [-0.4, -0.2) is 15.0 Å². The van der Waals surface area contributed by atoms with E-state index in [9.17, 15) is 0 Å². The monoisotopic (exact) mass is 692 g/mol. The molecule has 0 radical (unpaired) electrons. The first-order valence-electron chi connectivity index (χ1n) is 18.0. The van der Waals surface area contributed by atoms with E-state index in [0.717, 1.165) is 72.0 Å². The third kappa shape index (κ3) is 5.74. The number of fused-ring (bicyclic) bond motifs is 4. The van der Waals surface area contributed by atoms with Gasteiger partial charge in [-0.2, -0.15) is 0 Å². The lowest BCUT2D eigenvalue weighted by Crippen LogP contribution is -2.10. The molecule has 2 heterocycles. The van der Waals surface area contributed by atoms with Crippen LogP contribution in [0.15, 0.2) is 199 Å². The van der Waals surface area contributed by atoms with Crippen LogP contribution >= 0.6 is 0 Å². The van der Waals surface area contributed by atoms with E-state index >= 15 is 0 Å². The van der Waals surface area contributed by atoms with Gasteiger partial charge in [0.05, 0.1) is 5.69 Å². The first kappa shape index (κ1) is 31.4. The average Bonchev–Trinajstić information content (AvgIpc) is 3.61. The number of anilines is 3. The molecular weight excluding hydrogens is 661 g/mol. The molecule has 0 unspecified atom stereocenters. The summed E-state index contributed by atoms with van der Waals surface area (Å²) in [6.07, 6.45) is 0. The minimum atomic E-state index is 0.567. The second-order valence-corrected chi connectivity index (χ2v) is 13.3. The summed E-state index contributed by atoms with van der Waals surface area (Å²) in [7, 11) is 0. The van der Waals surface area contributed by atoms with E-state index in [1.165, 1.54) is 5.56 Å². The Kier molecular flexibility index (Phi) is 7.73. The Morgan fingerprint density at radius 1 is 0.352 bits per heavy atom. The predicted molar refractivity (Wildman–Crippen MR) is 221 cm³/mol. The molecule has 0 saturated heterocycles. The topological polar surface area (TPSA) is 55.1 Å². The van der Waals surface area contributed by atoms with Gasteiger partial charge in [0, 0.05) is 44.9 Å². The molecule has 0 spiro atoms. The van der Waals surface area contributed by atoms with Crippen LogP contribution in [0.1, 0.15) is 0 Å². The lowest BCUT2D eigenvalue weighted by Gasteiger charge is -2.26. The van der Waals surface area contributed by atoms with Crippen LogP contribution in [0.2, 0.25) is 0 Å². The van der Waals surface area contributed by atoms with Gasteiger partial charge in [0.15, 0.2) is 17.5 Å². The van der Waals surface area contributed by atoms with E-state index in [1.807, 2.05) is 72.8 Å². The maximum Gasteiger partial charge on any atom is 0.164 e. The Bertz CT molecular complexity index is 2850. The van der Waals surface area contributed by atoms with E-state index in [-0.39, 0.29) is 0 Å². The molecule has 0 amide bonds. The highest BCUT2D eigenvalue weighted by atomic mass is 16.3. The zero-order chi connectivity index (χ0) is 35.8. The van der Waals surface area contributed by atoms with Gasteiger partial charge in [-0.25, -0.2) is 15.0 Å². The van der Waals surface area contributed by atoms with Gasteiger partial charge in [-0.15, -0.1) is 0 Å². The molecule has 5 heteroatoms. The third-order valence-corrected chi connectivity index (χ3v) is 9.87. The summed E-state index contributed by atoms with van der Waals surface area (Å²) in [5.74, 6) is 1.78. The second kappa shape index (κ2) is 13.3. The zero-order valence-corrected chi connectivity index (χ0v) is 29.2. The van der Waals surface area contributed by atoms with Crippen molar-refractivity contribution >= 4 is 49.8 Å². The Balaban J connectivity index is 1.25. The molecule has 2 aromatic heterocycles. The van der Waals surface area contributed by atoms with Crippen LogP contribution in [0.25, 0.3) is 78.0 Å². The second-order valence-electron chi connectivity index (χ2n) is 13.3. The van der Waals surface area contributed by atoms with Crippen LogP contribution in [0.4, 0.5) is 17.1 Å². The number of benzene rings is 8. The van der Waals surface area contributed by atoms with E-state index in [4.69, 9.17) is 19.4 Å². The van der Waals surface area contributed by atoms with Crippen molar-refractivity contribution in [2.75, 3.05) is 4.90 Å². The molecule has 5 nitrogen and oxygen atoms in total. The first-order valence-corrected chi connectivity index (χ1v) is 18.0. The molecular formula is C49H32N4O. The van der Waals surface area contributed by atoms with Crippen LogP contribution in [-0.2, 0) is 0 Å². The summed E-state index contributed by atoms with van der Waals surface area (Å²) in [6, 6.07) is 66.9. The molecule has 54 heavy (non-hydrogen) atoms. The number of furan rings is 1. The standard InChI is InChI=1S/C49H32N4O/c1-5-15-33(16-6-1)34-25-27-40(28-26-34)53(39-23-11-4-12-24-39)41-31-43(46-42-29-37-21-13-14-22-38(37)30-44(42)54-45(46)32-41)49-51-47(35-17-7-2-8-18-35)50-48(52-49)36-19-9-3-10-20-36/h1-32H. The largest absolute Gasteiger partial charge is 0.456 e. The lowest BCUT2D eigenvalue weighted by molar-refractivity contribution is 0.669. The fourth-order valence-electron chi connectivity index (χ4n) is 7.27. The van der Waals surface area contributed by atoms with Crippen molar-refractivity contribution in [3.8, 4) is 45.3 Å². The summed E-state index contributed by atoms with van der Waals surface area (Å²) >= 11 is 0. The van der Waals surface area contributed by atoms with Crippen molar-refractivity contribution in [1.29, 1.82) is 0 Å². The van der Waals surface area contributed by atoms with Crippen LogP contribution in [0, 0.1) is 0 Å². The van der Waals surface area contributed by atoms with Gasteiger partial charge in [-0.3, -0.25) is 0 Å². The van der Waals surface area contributed by atoms with Gasteiger partial charge in [0.2, 0.25) is 0 Å². The third-order valence-electron chi connectivity index (χ3n) is 9.87. The molecule has 0 saturated carbocycles. The van der Waals surface area contributed by atoms with Crippen molar-refractivity contribution < 1.29 is 4.42 Å². The number of hydrogen-bond acceptors (Lipinski definition) is 5. The van der Waals surface area contributed by atoms with Crippen molar-refractivity contribution in [2.45, 2.75) is 0 Å². The van der Waals surface area contributed by atoms with E-state index in [0.29, 0.717) is 17.5 Å². The van der Waals surface area contributed by atoms with Gasteiger partial charge in [-0.05, 0) is 64.4 Å². The highest BCUT2D eigenvalue weighted by molar-refractivity contribution is 6.16. The van der Waals surface area contributed by atoms with E-state index in [2.05, 4.69) is 126 Å². The maximum atomic E-state index is 6.79. The van der Waals surface area contributed by atoms with E-state index < -0.39 is 0 Å². The van der Waals surface area contributed by atoms with Crippen LogP contribution in [0.3, 0.4) is 0 Å². The summed E-state index contributed by atoms with van der Waals surface area (Å²) in [5, 5.41) is 4.22. The molecule has 10 aromatic rings. The van der Waals surface area contributed by atoms with E-state index in [1.54, 1.807) is 0 Å². The van der Waals surface area contributed by atoms with Crippen molar-refractivity contribution in [1.82, 2.24) is 15.0 Å². The normalized spacial score (nSPS) is 11.3. The van der Waals surface area contributed by atoms with Gasteiger partial charge in [-0.1, -0.05) is 146 Å². The Labute approximate surface area is 312 Å². The Morgan fingerprint density at radius 3 is 1.44 bits per heavy atom. The fourth-order valence-corrected chi connectivity index (χ4v) is 7.27. The molecule has 8 aromatic carbocycles. The van der Waals surface area contributed by atoms with Crippen molar-refractivity contribution in [3.05, 3.63) is 194 Å². The first-order chi connectivity index (χ1) is 26.7. The SMILES string of the molecule is c1ccc(-c2ccc(N(c3ccccc3)c3cc(-c4nc(-c5ccccc5)nc(-c5ccccc5)n4)c4c(c3)oc3cc5ccccc5cc34)cc2)cc1. The minimum Gasteiger partial charge on any atom is -0.456 e. The van der Waals surface area contributed by atoms with Crippen LogP contribution in [0.5, 0.6) is 0 Å². The molecule has 254 valence electrons. The lowest BCUT2D eigenvalue weighted by atomic mass is 10.0. The molecule has 0 atom stereocenters. The summed E-state index contributed by atoms with van der Waals surface area (Å²) in [5.41, 5.74) is 9.52. The average molecular weight is 693 g/mol. The highest BCUT2D eigenvalue weighted by Crippen LogP contribution is 2.44. The molecule has 10 rings (SSSR count). The maximum absolute atomic E-state index is 6.79. The molecule has 0 N–H and O–H groups in total. The van der Waals surface area contributed by atoms with Gasteiger partial charge in [0.1, 0.15) is 11.2 Å². The summed E-state index contributed by atoms with van der Waals surface area (Å²) in [6.45, 7) is 0. The van der Waals surface area contributed by atoms with Gasteiger partial charge >= 0.3 is 0 Å². The summed E-state index contributed by atoms with van der Waals surface area (Å²) < 4.78 is 6.79.